The zero-order valence-corrected chi connectivity index (χ0v) is 20.7. The van der Waals surface area contributed by atoms with Crippen molar-refractivity contribution in [1.82, 2.24) is 0 Å². The van der Waals surface area contributed by atoms with Gasteiger partial charge in [-0.25, -0.2) is 4.79 Å². The number of carbonyl (C=O) groups is 2. The fraction of sp³-hybridized carbons (Fsp3) is 0.185. The zero-order valence-electron chi connectivity index (χ0n) is 19.8. The molecule has 36 heavy (non-hydrogen) atoms. The van der Waals surface area contributed by atoms with Crippen molar-refractivity contribution in [3.8, 4) is 5.75 Å². The summed E-state index contributed by atoms with van der Waals surface area (Å²) < 4.78 is 11.2. The van der Waals surface area contributed by atoms with Crippen LogP contribution < -0.4 is 21.1 Å². The number of hydrogen-bond donors (Lipinski definition) is 4. The molecule has 0 fully saturated rings. The molecule has 5 N–H and O–H groups in total. The predicted octanol–water partition coefficient (Wildman–Crippen LogP) is 5.24. The Kier molecular flexibility index (Phi) is 10.2. The van der Waals surface area contributed by atoms with Gasteiger partial charge >= 0.3 is 6.09 Å². The molecule has 8 nitrogen and oxygen atoms in total. The van der Waals surface area contributed by atoms with Gasteiger partial charge in [-0.1, -0.05) is 30.3 Å². The van der Waals surface area contributed by atoms with E-state index in [0.29, 0.717) is 28.4 Å². The van der Waals surface area contributed by atoms with Crippen molar-refractivity contribution in [3.05, 3.63) is 90.5 Å². The Labute approximate surface area is 214 Å². The van der Waals surface area contributed by atoms with Crippen molar-refractivity contribution in [2.45, 2.75) is 17.4 Å². The van der Waals surface area contributed by atoms with Gasteiger partial charge in [0.25, 0.3) is 0 Å². The number of amides is 2. The van der Waals surface area contributed by atoms with E-state index in [4.69, 9.17) is 20.3 Å². The fourth-order valence-corrected chi connectivity index (χ4v) is 3.66. The molecule has 3 aromatic carbocycles. The summed E-state index contributed by atoms with van der Waals surface area (Å²) in [6.45, 7) is 0.0237. The molecule has 0 aromatic heterocycles. The maximum absolute atomic E-state index is 12.7. The highest BCUT2D eigenvalue weighted by atomic mass is 32.2. The van der Waals surface area contributed by atoms with Crippen LogP contribution in [0.5, 0.6) is 5.75 Å². The van der Waals surface area contributed by atoms with Crippen molar-refractivity contribution in [2.75, 3.05) is 35.8 Å². The van der Waals surface area contributed by atoms with Crippen molar-refractivity contribution < 1.29 is 24.2 Å². The summed E-state index contributed by atoms with van der Waals surface area (Å²) >= 11 is 1.60. The first-order valence-corrected chi connectivity index (χ1v) is 12.5. The third-order valence-electron chi connectivity index (χ3n) is 5.01. The second-order valence-corrected chi connectivity index (χ2v) is 8.49. The Bertz CT molecular complexity index is 1180. The molecule has 9 heteroatoms. The Hall–Kier alpha value is -3.95. The van der Waals surface area contributed by atoms with Crippen LogP contribution in [0, 0.1) is 0 Å². The number of hydrogen-bond acceptors (Lipinski definition) is 7. The maximum atomic E-state index is 12.7. The predicted molar refractivity (Wildman–Crippen MR) is 143 cm³/mol. The molecule has 2 amide bonds. The lowest BCUT2D eigenvalue weighted by Gasteiger charge is -2.18. The summed E-state index contributed by atoms with van der Waals surface area (Å²) in [7, 11) is 0. The number of ether oxygens (including phenoxy) is 2. The standard InChI is InChI=1S/C27H29N3O5S/c1-36-22-14-12-20(13-15-22)29-27(33)35-25(19-6-4-7-21(18-19)34-17-16-31)10-5-11-26(32)30-24-9-3-2-8-23(24)28/h2-9,11-15,18,25,31H,10,16-17,28H2,1H3,(H,29,33)(H,30,32)/b11-5+/t25-/m1/s1. The molecule has 188 valence electrons. The van der Waals surface area contributed by atoms with Gasteiger partial charge in [-0.3, -0.25) is 10.1 Å². The second kappa shape index (κ2) is 13.8. The smallest absolute Gasteiger partial charge is 0.412 e. The number of benzene rings is 3. The van der Waals surface area contributed by atoms with Crippen LogP contribution in [0.15, 0.2) is 89.8 Å². The molecule has 0 saturated heterocycles. The second-order valence-electron chi connectivity index (χ2n) is 7.61. The summed E-state index contributed by atoms with van der Waals surface area (Å²) in [5.41, 5.74) is 8.13. The molecule has 0 bridgehead atoms. The molecular weight excluding hydrogens is 478 g/mol. The van der Waals surface area contributed by atoms with Gasteiger partial charge in [0.05, 0.1) is 18.0 Å². The number of thioether (sulfide) groups is 1. The first kappa shape index (κ1) is 26.7. The SMILES string of the molecule is CSc1ccc(NC(=O)O[C@H](C/C=C/C(=O)Nc2ccccc2N)c2cccc(OCCO)c2)cc1. The summed E-state index contributed by atoms with van der Waals surface area (Å²) in [5, 5.41) is 14.5. The van der Waals surface area contributed by atoms with E-state index in [9.17, 15) is 9.59 Å². The van der Waals surface area contributed by atoms with E-state index in [1.165, 1.54) is 6.08 Å². The first-order chi connectivity index (χ1) is 17.5. The van der Waals surface area contributed by atoms with E-state index in [0.717, 1.165) is 4.90 Å². The van der Waals surface area contributed by atoms with Crippen LogP contribution in [0.25, 0.3) is 0 Å². The number of anilines is 3. The Morgan fingerprint density at radius 3 is 2.56 bits per heavy atom. The summed E-state index contributed by atoms with van der Waals surface area (Å²) in [6.07, 6.45) is 3.88. The topological polar surface area (TPSA) is 123 Å². The molecule has 0 aliphatic carbocycles. The number of carbonyl (C=O) groups excluding carboxylic acids is 2. The molecular formula is C27H29N3O5S. The average Bonchev–Trinajstić information content (AvgIpc) is 2.89. The Morgan fingerprint density at radius 2 is 1.83 bits per heavy atom. The minimum Gasteiger partial charge on any atom is -0.491 e. The van der Waals surface area contributed by atoms with Crippen molar-refractivity contribution in [1.29, 1.82) is 0 Å². The van der Waals surface area contributed by atoms with Crippen molar-refractivity contribution in [2.24, 2.45) is 0 Å². The normalized spacial score (nSPS) is 11.6. The number of aliphatic hydroxyl groups excluding tert-OH is 1. The lowest BCUT2D eigenvalue weighted by atomic mass is 10.1. The molecule has 0 radical (unpaired) electrons. The van der Waals surface area contributed by atoms with Crippen LogP contribution in [0.4, 0.5) is 21.9 Å². The highest BCUT2D eigenvalue weighted by Crippen LogP contribution is 2.27. The molecule has 0 saturated carbocycles. The highest BCUT2D eigenvalue weighted by molar-refractivity contribution is 7.98. The van der Waals surface area contributed by atoms with Gasteiger partial charge in [-0.05, 0) is 66.4 Å². The summed E-state index contributed by atoms with van der Waals surface area (Å²) in [5.74, 6) is 0.175. The first-order valence-electron chi connectivity index (χ1n) is 11.3. The van der Waals surface area contributed by atoms with Crippen LogP contribution in [0.2, 0.25) is 0 Å². The minimum atomic E-state index is -0.695. The molecule has 3 rings (SSSR count). The number of nitrogen functional groups attached to an aromatic ring is 1. The van der Waals surface area contributed by atoms with Gasteiger partial charge in [0.2, 0.25) is 5.91 Å². The van der Waals surface area contributed by atoms with E-state index in [1.54, 1.807) is 78.5 Å². The van der Waals surface area contributed by atoms with Crippen LogP contribution >= 0.6 is 11.8 Å². The third kappa shape index (κ3) is 8.37. The highest BCUT2D eigenvalue weighted by Gasteiger charge is 2.17. The number of nitrogens with two attached hydrogens (primary N) is 1. The number of rotatable bonds is 11. The van der Waals surface area contributed by atoms with Gasteiger partial charge in [-0.2, -0.15) is 0 Å². The van der Waals surface area contributed by atoms with Crippen molar-refractivity contribution >= 4 is 40.8 Å². The van der Waals surface area contributed by atoms with Gasteiger partial charge < -0.3 is 25.6 Å². The lowest BCUT2D eigenvalue weighted by molar-refractivity contribution is -0.111. The molecule has 0 spiro atoms. The van der Waals surface area contributed by atoms with Crippen LogP contribution in [0.1, 0.15) is 18.1 Å². The number of para-hydroxylation sites is 2. The minimum absolute atomic E-state index is 0.119. The molecule has 1 atom stereocenters. The molecule has 3 aromatic rings. The molecule has 0 heterocycles. The largest absolute Gasteiger partial charge is 0.491 e. The van der Waals surface area contributed by atoms with Gasteiger partial charge in [0.1, 0.15) is 18.5 Å². The van der Waals surface area contributed by atoms with E-state index in [2.05, 4.69) is 10.6 Å². The zero-order chi connectivity index (χ0) is 25.8. The van der Waals surface area contributed by atoms with Crippen LogP contribution in [0.3, 0.4) is 0 Å². The third-order valence-corrected chi connectivity index (χ3v) is 5.76. The van der Waals surface area contributed by atoms with Gasteiger partial charge in [-0.15, -0.1) is 11.8 Å². The number of aliphatic hydroxyl groups is 1. The monoisotopic (exact) mass is 507 g/mol. The molecule has 0 aliphatic heterocycles. The van der Waals surface area contributed by atoms with E-state index in [-0.39, 0.29) is 25.5 Å². The fourth-order valence-electron chi connectivity index (χ4n) is 3.26. The lowest BCUT2D eigenvalue weighted by Crippen LogP contribution is -2.17. The number of nitrogens with one attached hydrogen (secondary N) is 2. The maximum Gasteiger partial charge on any atom is 0.412 e. The summed E-state index contributed by atoms with van der Waals surface area (Å²) in [4.78, 5) is 26.1. The van der Waals surface area contributed by atoms with E-state index < -0.39 is 12.2 Å². The van der Waals surface area contributed by atoms with Crippen LogP contribution in [-0.4, -0.2) is 36.6 Å². The van der Waals surface area contributed by atoms with Gasteiger partial charge in [0, 0.05) is 17.0 Å². The Balaban J connectivity index is 1.70. The van der Waals surface area contributed by atoms with E-state index >= 15 is 0 Å². The van der Waals surface area contributed by atoms with Gasteiger partial charge in [0.15, 0.2) is 0 Å². The Morgan fingerprint density at radius 1 is 1.06 bits per heavy atom. The quantitative estimate of drug-likeness (QED) is 0.159. The molecule has 0 aliphatic rings. The van der Waals surface area contributed by atoms with E-state index in [1.807, 2.05) is 18.4 Å². The average molecular weight is 508 g/mol. The summed E-state index contributed by atoms with van der Waals surface area (Å²) in [6, 6.07) is 21.4. The molecule has 0 unspecified atom stereocenters. The van der Waals surface area contributed by atoms with Crippen molar-refractivity contribution in [3.63, 3.8) is 0 Å². The van der Waals surface area contributed by atoms with Crippen LogP contribution in [-0.2, 0) is 9.53 Å².